The number of nitrogens with one attached hydrogen (secondary N) is 1. The molecule has 0 amide bonds. The number of sulfonamides is 1. The molecule has 0 bridgehead atoms. The van der Waals surface area contributed by atoms with Crippen molar-refractivity contribution >= 4 is 33.2 Å². The minimum Gasteiger partial charge on any atom is -0.209 e. The summed E-state index contributed by atoms with van der Waals surface area (Å²) in [6, 6.07) is 12.2. The van der Waals surface area contributed by atoms with Gasteiger partial charge in [0.2, 0.25) is 10.0 Å². The van der Waals surface area contributed by atoms with Crippen LogP contribution in [0.1, 0.15) is 10.9 Å². The number of benzene rings is 2. The van der Waals surface area contributed by atoms with Gasteiger partial charge in [0.15, 0.2) is 0 Å². The zero-order valence-electron chi connectivity index (χ0n) is 10.8. The van der Waals surface area contributed by atoms with E-state index in [1.165, 1.54) is 6.07 Å². The van der Waals surface area contributed by atoms with Crippen LogP contribution in [0.25, 0.3) is 0 Å². The lowest BCUT2D eigenvalue weighted by Crippen LogP contribution is -2.27. The smallest absolute Gasteiger partial charge is 0.209 e. The van der Waals surface area contributed by atoms with Gasteiger partial charge in [0.05, 0.1) is 10.4 Å². The Bertz CT molecular complexity index is 723. The van der Waals surface area contributed by atoms with Gasteiger partial charge in [0.1, 0.15) is 10.7 Å². The third kappa shape index (κ3) is 4.17. The molecule has 21 heavy (non-hydrogen) atoms. The summed E-state index contributed by atoms with van der Waals surface area (Å²) in [5, 5.41) is -0.581. The quantitative estimate of drug-likeness (QED) is 0.837. The predicted molar refractivity (Wildman–Crippen MR) is 81.6 cm³/mol. The molecule has 0 aromatic heterocycles. The summed E-state index contributed by atoms with van der Waals surface area (Å²) < 4.78 is 39.7. The third-order valence-electron chi connectivity index (χ3n) is 2.80. The summed E-state index contributed by atoms with van der Waals surface area (Å²) in [5.41, 5.74) is 0.784. The minimum absolute atomic E-state index is 0.0270. The Balaban J connectivity index is 2.13. The van der Waals surface area contributed by atoms with E-state index >= 15 is 0 Å². The van der Waals surface area contributed by atoms with Crippen LogP contribution in [0.2, 0.25) is 5.02 Å². The fourth-order valence-corrected chi connectivity index (χ4v) is 3.59. The van der Waals surface area contributed by atoms with Gasteiger partial charge in [-0.25, -0.2) is 17.5 Å². The molecule has 0 saturated heterocycles. The van der Waals surface area contributed by atoms with Crippen LogP contribution in [0.5, 0.6) is 0 Å². The van der Waals surface area contributed by atoms with Crippen LogP contribution in [0.15, 0.2) is 53.4 Å². The number of rotatable bonds is 5. The van der Waals surface area contributed by atoms with Gasteiger partial charge in [-0.05, 0) is 23.8 Å². The molecule has 0 aliphatic carbocycles. The summed E-state index contributed by atoms with van der Waals surface area (Å²) in [7, 11) is -3.92. The van der Waals surface area contributed by atoms with Crippen molar-refractivity contribution in [3.63, 3.8) is 0 Å². The highest BCUT2D eigenvalue weighted by molar-refractivity contribution is 7.89. The largest absolute Gasteiger partial charge is 0.242 e. The molecule has 0 aliphatic heterocycles. The molecule has 0 aliphatic rings. The Morgan fingerprint density at radius 3 is 2.48 bits per heavy atom. The van der Waals surface area contributed by atoms with Gasteiger partial charge in [0, 0.05) is 6.54 Å². The van der Waals surface area contributed by atoms with E-state index in [-0.39, 0.29) is 16.5 Å². The maximum Gasteiger partial charge on any atom is 0.242 e. The van der Waals surface area contributed by atoms with Crippen molar-refractivity contribution < 1.29 is 12.8 Å². The molecular formula is C14H12Cl2FNO2S. The van der Waals surface area contributed by atoms with Crippen molar-refractivity contribution in [2.45, 2.75) is 10.3 Å². The van der Waals surface area contributed by atoms with Gasteiger partial charge in [-0.3, -0.25) is 0 Å². The highest BCUT2D eigenvalue weighted by Gasteiger charge is 2.20. The zero-order valence-corrected chi connectivity index (χ0v) is 13.1. The topological polar surface area (TPSA) is 46.2 Å². The van der Waals surface area contributed by atoms with Crippen LogP contribution in [-0.4, -0.2) is 15.0 Å². The van der Waals surface area contributed by atoms with Crippen molar-refractivity contribution in [2.24, 2.45) is 0 Å². The van der Waals surface area contributed by atoms with E-state index in [1.807, 2.05) is 18.2 Å². The van der Waals surface area contributed by atoms with E-state index < -0.39 is 21.2 Å². The summed E-state index contributed by atoms with van der Waals surface area (Å²) >= 11 is 11.9. The van der Waals surface area contributed by atoms with E-state index in [0.29, 0.717) is 0 Å². The van der Waals surface area contributed by atoms with E-state index in [1.54, 1.807) is 12.1 Å². The molecule has 7 heteroatoms. The molecule has 0 fully saturated rings. The summed E-state index contributed by atoms with van der Waals surface area (Å²) in [5.74, 6) is -0.676. The van der Waals surface area contributed by atoms with E-state index in [2.05, 4.69) is 4.72 Å². The minimum atomic E-state index is -3.92. The van der Waals surface area contributed by atoms with Crippen LogP contribution < -0.4 is 4.72 Å². The standard InChI is InChI=1S/C14H12Cl2FNO2S/c15-12-7-6-11(17)8-14(12)21(19,20)18-9-13(16)10-4-2-1-3-5-10/h1-8,13,18H,9H2. The molecule has 0 saturated carbocycles. The highest BCUT2D eigenvalue weighted by Crippen LogP contribution is 2.24. The normalized spacial score (nSPS) is 13.1. The molecule has 2 aromatic rings. The average Bonchev–Trinajstić information content (AvgIpc) is 2.48. The molecule has 2 rings (SSSR count). The van der Waals surface area contributed by atoms with Crippen LogP contribution in [0, 0.1) is 5.82 Å². The van der Waals surface area contributed by atoms with Crippen molar-refractivity contribution in [1.29, 1.82) is 0 Å². The molecule has 1 atom stereocenters. The first-order valence-electron chi connectivity index (χ1n) is 6.04. The van der Waals surface area contributed by atoms with Crippen molar-refractivity contribution in [3.8, 4) is 0 Å². The number of hydrogen-bond acceptors (Lipinski definition) is 2. The van der Waals surface area contributed by atoms with Crippen molar-refractivity contribution in [1.82, 2.24) is 4.72 Å². The summed E-state index contributed by atoms with van der Waals surface area (Å²) in [6.45, 7) is -0.0270. The molecule has 3 nitrogen and oxygen atoms in total. The van der Waals surface area contributed by atoms with Gasteiger partial charge in [0.25, 0.3) is 0 Å². The molecule has 0 radical (unpaired) electrons. The van der Waals surface area contributed by atoms with Crippen LogP contribution >= 0.6 is 23.2 Å². The second kappa shape index (κ2) is 6.75. The van der Waals surface area contributed by atoms with Crippen molar-refractivity contribution in [3.05, 3.63) is 64.9 Å². The van der Waals surface area contributed by atoms with E-state index in [4.69, 9.17) is 23.2 Å². The zero-order chi connectivity index (χ0) is 15.5. The summed E-state index contributed by atoms with van der Waals surface area (Å²) in [6.07, 6.45) is 0. The lowest BCUT2D eigenvalue weighted by molar-refractivity contribution is 0.577. The van der Waals surface area contributed by atoms with Crippen LogP contribution in [0.3, 0.4) is 0 Å². The second-order valence-corrected chi connectivity index (χ2v) is 6.97. The molecular weight excluding hydrogens is 336 g/mol. The van der Waals surface area contributed by atoms with Crippen molar-refractivity contribution in [2.75, 3.05) is 6.54 Å². The molecule has 1 N–H and O–H groups in total. The van der Waals surface area contributed by atoms with Gasteiger partial charge in [-0.2, -0.15) is 0 Å². The maximum atomic E-state index is 13.2. The lowest BCUT2D eigenvalue weighted by Gasteiger charge is -2.12. The highest BCUT2D eigenvalue weighted by atomic mass is 35.5. The third-order valence-corrected chi connectivity index (χ3v) is 5.11. The molecule has 2 aromatic carbocycles. The van der Waals surface area contributed by atoms with Gasteiger partial charge in [-0.1, -0.05) is 41.9 Å². The van der Waals surface area contributed by atoms with E-state index in [9.17, 15) is 12.8 Å². The fourth-order valence-electron chi connectivity index (χ4n) is 1.72. The van der Waals surface area contributed by atoms with E-state index in [0.717, 1.165) is 17.7 Å². The lowest BCUT2D eigenvalue weighted by atomic mass is 10.1. The number of halogens is 3. The summed E-state index contributed by atoms with van der Waals surface area (Å²) in [4.78, 5) is -0.305. The molecule has 1 unspecified atom stereocenters. The van der Waals surface area contributed by atoms with Gasteiger partial charge >= 0.3 is 0 Å². The van der Waals surface area contributed by atoms with Gasteiger partial charge in [-0.15, -0.1) is 11.6 Å². The Labute approximate surface area is 132 Å². The monoisotopic (exact) mass is 347 g/mol. The van der Waals surface area contributed by atoms with Gasteiger partial charge < -0.3 is 0 Å². The first-order valence-corrected chi connectivity index (χ1v) is 8.33. The average molecular weight is 348 g/mol. The first kappa shape index (κ1) is 16.2. The number of alkyl halides is 1. The Hall–Kier alpha value is -1.14. The molecule has 0 heterocycles. The maximum absolute atomic E-state index is 13.2. The van der Waals surface area contributed by atoms with Crippen LogP contribution in [0.4, 0.5) is 4.39 Å². The Morgan fingerprint density at radius 1 is 1.14 bits per heavy atom. The Morgan fingerprint density at radius 2 is 1.81 bits per heavy atom. The second-order valence-electron chi connectivity index (χ2n) is 4.30. The predicted octanol–water partition coefficient (Wildman–Crippen LogP) is 3.74. The molecule has 0 spiro atoms. The van der Waals surface area contributed by atoms with Crippen LogP contribution in [-0.2, 0) is 10.0 Å². The Kier molecular flexibility index (Phi) is 5.22. The fraction of sp³-hybridized carbons (Fsp3) is 0.143. The number of hydrogen-bond donors (Lipinski definition) is 1. The first-order chi connectivity index (χ1) is 9.90. The molecule has 112 valence electrons. The SMILES string of the molecule is O=S(=O)(NCC(Cl)c1ccccc1)c1cc(F)ccc1Cl.